The quantitative estimate of drug-likeness (QED) is 0.510. The average Bonchev–Trinajstić information content (AvgIpc) is 2.75. The minimum Gasteiger partial charge on any atom is -0.460 e. The first kappa shape index (κ1) is 17.9. The first-order chi connectivity index (χ1) is 13.7. The highest BCUT2D eigenvalue weighted by Crippen LogP contribution is 2.38. The number of ketones is 2. The Balaban J connectivity index is 1.70. The van der Waals surface area contributed by atoms with E-state index in [9.17, 15) is 14.4 Å². The van der Waals surface area contributed by atoms with Crippen molar-refractivity contribution in [1.82, 2.24) is 0 Å². The summed E-state index contributed by atoms with van der Waals surface area (Å²) in [5, 5.41) is 0. The molecule has 2 atom stereocenters. The molecule has 4 heteroatoms. The van der Waals surface area contributed by atoms with E-state index in [-0.39, 0.29) is 23.7 Å². The number of Topliss-reactive ketones (excluding diaryl/α,β-unsaturated/α-hetero) is 2. The summed E-state index contributed by atoms with van der Waals surface area (Å²) in [4.78, 5) is 39.3. The van der Waals surface area contributed by atoms with E-state index in [2.05, 4.69) is 0 Å². The molecule has 138 valence electrons. The number of carbonyl (C=O) groups excluding carboxylic acids is 3. The fourth-order valence-corrected chi connectivity index (χ4v) is 3.62. The van der Waals surface area contributed by atoms with Gasteiger partial charge in [-0.05, 0) is 11.1 Å². The van der Waals surface area contributed by atoms with Crippen LogP contribution in [0.15, 0.2) is 84.9 Å². The van der Waals surface area contributed by atoms with E-state index in [1.807, 2.05) is 36.4 Å². The highest BCUT2D eigenvalue weighted by atomic mass is 16.5. The Morgan fingerprint density at radius 3 is 1.89 bits per heavy atom. The zero-order valence-electron chi connectivity index (χ0n) is 15.1. The molecular formula is C24H18O4. The summed E-state index contributed by atoms with van der Waals surface area (Å²) in [6, 6.07) is 24.8. The molecule has 0 saturated heterocycles. The van der Waals surface area contributed by atoms with E-state index in [0.29, 0.717) is 11.1 Å². The van der Waals surface area contributed by atoms with Gasteiger partial charge in [0, 0.05) is 11.1 Å². The number of hydrogen-bond acceptors (Lipinski definition) is 4. The lowest BCUT2D eigenvalue weighted by Gasteiger charge is -2.29. The standard InChI is InChI=1S/C24H18O4/c25-22-18-13-7-8-14-19(18)23(26)21(20(22)17-11-5-2-6-12-17)24(27)28-15-16-9-3-1-4-10-16/h1-14,20-21H,15H2. The van der Waals surface area contributed by atoms with Gasteiger partial charge in [0.1, 0.15) is 12.5 Å². The predicted octanol–water partition coefficient (Wildman–Crippen LogP) is 4.21. The predicted molar refractivity (Wildman–Crippen MR) is 104 cm³/mol. The lowest BCUT2D eigenvalue weighted by Crippen LogP contribution is -2.40. The van der Waals surface area contributed by atoms with Crippen LogP contribution >= 0.6 is 0 Å². The van der Waals surface area contributed by atoms with E-state index in [1.165, 1.54) is 0 Å². The van der Waals surface area contributed by atoms with Gasteiger partial charge in [0.15, 0.2) is 11.6 Å². The summed E-state index contributed by atoms with van der Waals surface area (Å²) in [7, 11) is 0. The minimum atomic E-state index is -1.19. The Labute approximate surface area is 162 Å². The van der Waals surface area contributed by atoms with Gasteiger partial charge in [0.2, 0.25) is 0 Å². The van der Waals surface area contributed by atoms with Crippen LogP contribution < -0.4 is 0 Å². The molecular weight excluding hydrogens is 352 g/mol. The molecule has 0 aliphatic heterocycles. The first-order valence-corrected chi connectivity index (χ1v) is 9.10. The van der Waals surface area contributed by atoms with E-state index in [4.69, 9.17) is 4.74 Å². The largest absolute Gasteiger partial charge is 0.460 e. The topological polar surface area (TPSA) is 60.4 Å². The molecule has 0 heterocycles. The number of carbonyl (C=O) groups is 3. The average molecular weight is 370 g/mol. The Morgan fingerprint density at radius 1 is 0.714 bits per heavy atom. The van der Waals surface area contributed by atoms with Crippen LogP contribution in [0.1, 0.15) is 37.8 Å². The molecule has 0 bridgehead atoms. The third kappa shape index (κ3) is 3.25. The van der Waals surface area contributed by atoms with Crippen LogP contribution in [-0.2, 0) is 16.1 Å². The Morgan fingerprint density at radius 2 is 1.25 bits per heavy atom. The normalized spacial score (nSPS) is 18.4. The Hall–Kier alpha value is -3.53. The first-order valence-electron chi connectivity index (χ1n) is 9.10. The molecule has 4 rings (SSSR count). The molecule has 0 fully saturated rings. The summed E-state index contributed by atoms with van der Waals surface area (Å²) in [5.41, 5.74) is 2.09. The van der Waals surface area contributed by atoms with Crippen molar-refractivity contribution in [3.05, 3.63) is 107 Å². The SMILES string of the molecule is O=C(OCc1ccccc1)C1C(=O)c2ccccc2C(=O)C1c1ccccc1. The van der Waals surface area contributed by atoms with Gasteiger partial charge in [-0.2, -0.15) is 0 Å². The highest BCUT2D eigenvalue weighted by Gasteiger charge is 2.46. The maximum Gasteiger partial charge on any atom is 0.318 e. The van der Waals surface area contributed by atoms with Crippen molar-refractivity contribution in [2.24, 2.45) is 5.92 Å². The zero-order valence-corrected chi connectivity index (χ0v) is 15.1. The second kappa shape index (κ2) is 7.61. The number of esters is 1. The Bertz CT molecular complexity index is 1020. The molecule has 0 spiro atoms. The van der Waals surface area contributed by atoms with Crippen molar-refractivity contribution in [2.75, 3.05) is 0 Å². The van der Waals surface area contributed by atoms with Crippen LogP contribution in [0.25, 0.3) is 0 Å². The van der Waals surface area contributed by atoms with Gasteiger partial charge in [0.05, 0.1) is 5.92 Å². The smallest absolute Gasteiger partial charge is 0.318 e. The molecule has 28 heavy (non-hydrogen) atoms. The van der Waals surface area contributed by atoms with Crippen LogP contribution in [0.3, 0.4) is 0 Å². The Kier molecular flexibility index (Phi) is 4.85. The van der Waals surface area contributed by atoms with Crippen LogP contribution in [0.2, 0.25) is 0 Å². The van der Waals surface area contributed by atoms with E-state index < -0.39 is 17.8 Å². The number of fused-ring (bicyclic) bond motifs is 1. The van der Waals surface area contributed by atoms with Gasteiger partial charge in [0.25, 0.3) is 0 Å². The molecule has 3 aromatic carbocycles. The van der Waals surface area contributed by atoms with Crippen molar-refractivity contribution in [3.8, 4) is 0 Å². The fourth-order valence-electron chi connectivity index (χ4n) is 3.62. The number of rotatable bonds is 4. The third-order valence-corrected chi connectivity index (χ3v) is 4.99. The van der Waals surface area contributed by atoms with Crippen molar-refractivity contribution in [1.29, 1.82) is 0 Å². The van der Waals surface area contributed by atoms with E-state index in [0.717, 1.165) is 5.56 Å². The lowest BCUT2D eigenvalue weighted by atomic mass is 9.71. The van der Waals surface area contributed by atoms with Gasteiger partial charge < -0.3 is 4.74 Å². The van der Waals surface area contributed by atoms with Gasteiger partial charge in [-0.3, -0.25) is 14.4 Å². The molecule has 2 unspecified atom stereocenters. The second-order valence-corrected chi connectivity index (χ2v) is 6.73. The van der Waals surface area contributed by atoms with Crippen LogP contribution in [0, 0.1) is 5.92 Å². The minimum absolute atomic E-state index is 0.0563. The molecule has 1 aliphatic carbocycles. The fraction of sp³-hybridized carbons (Fsp3) is 0.125. The van der Waals surface area contributed by atoms with Gasteiger partial charge in [-0.15, -0.1) is 0 Å². The van der Waals surface area contributed by atoms with Crippen molar-refractivity contribution in [2.45, 2.75) is 12.5 Å². The summed E-state index contributed by atoms with van der Waals surface area (Å²) >= 11 is 0. The van der Waals surface area contributed by atoms with E-state index >= 15 is 0 Å². The molecule has 0 aromatic heterocycles. The molecule has 4 nitrogen and oxygen atoms in total. The van der Waals surface area contributed by atoms with E-state index in [1.54, 1.807) is 48.5 Å². The van der Waals surface area contributed by atoms with Gasteiger partial charge in [-0.1, -0.05) is 84.9 Å². The van der Waals surface area contributed by atoms with Gasteiger partial charge >= 0.3 is 5.97 Å². The summed E-state index contributed by atoms with van der Waals surface area (Å²) in [5.74, 6) is -3.35. The van der Waals surface area contributed by atoms with Crippen LogP contribution in [-0.4, -0.2) is 17.5 Å². The molecule has 3 aromatic rings. The maximum atomic E-state index is 13.2. The number of benzene rings is 3. The summed E-state index contributed by atoms with van der Waals surface area (Å²) in [6.07, 6.45) is 0. The van der Waals surface area contributed by atoms with Gasteiger partial charge in [-0.25, -0.2) is 0 Å². The molecule has 0 N–H and O–H groups in total. The summed E-state index contributed by atoms with van der Waals surface area (Å²) < 4.78 is 5.44. The monoisotopic (exact) mass is 370 g/mol. The van der Waals surface area contributed by atoms with Crippen LogP contribution in [0.5, 0.6) is 0 Å². The number of hydrogen-bond donors (Lipinski definition) is 0. The zero-order chi connectivity index (χ0) is 19.5. The van der Waals surface area contributed by atoms with Crippen LogP contribution in [0.4, 0.5) is 0 Å². The maximum absolute atomic E-state index is 13.2. The lowest BCUT2D eigenvalue weighted by molar-refractivity contribution is -0.148. The molecule has 0 amide bonds. The van der Waals surface area contributed by atoms with Crippen molar-refractivity contribution < 1.29 is 19.1 Å². The number of ether oxygens (including phenoxy) is 1. The molecule has 0 radical (unpaired) electrons. The summed E-state index contributed by atoms with van der Waals surface area (Å²) in [6.45, 7) is 0.0563. The third-order valence-electron chi connectivity index (χ3n) is 4.99. The van der Waals surface area contributed by atoms with Crippen molar-refractivity contribution in [3.63, 3.8) is 0 Å². The van der Waals surface area contributed by atoms with Crippen molar-refractivity contribution >= 4 is 17.5 Å². The second-order valence-electron chi connectivity index (χ2n) is 6.73. The highest BCUT2D eigenvalue weighted by molar-refractivity contribution is 6.23. The molecule has 0 saturated carbocycles. The molecule has 1 aliphatic rings.